The number of nitrogens with zero attached hydrogens (tertiary/aromatic N) is 2. The summed E-state index contributed by atoms with van der Waals surface area (Å²) in [6.07, 6.45) is -1.97. The number of hydrogen-bond acceptors (Lipinski definition) is 2. The van der Waals surface area contributed by atoms with Gasteiger partial charge in [0.1, 0.15) is 0 Å². The molecule has 20 heavy (non-hydrogen) atoms. The molecule has 3 nitrogen and oxygen atoms in total. The quantitative estimate of drug-likeness (QED) is 0.744. The normalized spacial score (nSPS) is 29.0. The van der Waals surface area contributed by atoms with Crippen LogP contribution in [0.3, 0.4) is 0 Å². The van der Waals surface area contributed by atoms with Crippen molar-refractivity contribution in [2.24, 2.45) is 17.8 Å². The van der Waals surface area contributed by atoms with Gasteiger partial charge in [-0.25, -0.2) is 0 Å². The second kappa shape index (κ2) is 6.02. The highest BCUT2D eigenvalue weighted by molar-refractivity contribution is 5.79. The topological polar surface area (TPSA) is 44.1 Å². The number of piperidine rings is 1. The minimum atomic E-state index is -4.13. The number of rotatable bonds is 1. The number of hydrogen-bond donors (Lipinski definition) is 0. The van der Waals surface area contributed by atoms with E-state index in [-0.39, 0.29) is 30.6 Å². The van der Waals surface area contributed by atoms with Crippen LogP contribution in [0.25, 0.3) is 0 Å². The standard InChI is InChI=1S/C14H19F3N2O/c15-14(16,17)12-3-1-11(2-4-12)13(20)19-7-5-10(9-18)6-8-19/h10-12H,1-8H2. The number of amides is 1. The molecule has 112 valence electrons. The van der Waals surface area contributed by atoms with Gasteiger partial charge in [0.05, 0.1) is 12.0 Å². The predicted molar refractivity (Wildman–Crippen MR) is 66.4 cm³/mol. The second-order valence-electron chi connectivity index (χ2n) is 5.82. The molecule has 1 aliphatic carbocycles. The highest BCUT2D eigenvalue weighted by atomic mass is 19.4. The van der Waals surface area contributed by atoms with Crippen LogP contribution in [0.1, 0.15) is 38.5 Å². The van der Waals surface area contributed by atoms with Crippen molar-refractivity contribution in [3.63, 3.8) is 0 Å². The van der Waals surface area contributed by atoms with Gasteiger partial charge >= 0.3 is 6.18 Å². The molecule has 1 saturated heterocycles. The van der Waals surface area contributed by atoms with E-state index in [2.05, 4.69) is 6.07 Å². The third-order valence-corrected chi connectivity index (χ3v) is 4.53. The van der Waals surface area contributed by atoms with E-state index in [0.717, 1.165) is 0 Å². The molecule has 0 N–H and O–H groups in total. The number of halogens is 3. The molecule has 1 heterocycles. The lowest BCUT2D eigenvalue weighted by molar-refractivity contribution is -0.185. The van der Waals surface area contributed by atoms with E-state index in [0.29, 0.717) is 38.8 Å². The maximum Gasteiger partial charge on any atom is 0.391 e. The van der Waals surface area contributed by atoms with Crippen LogP contribution in [0.2, 0.25) is 0 Å². The number of likely N-dealkylation sites (tertiary alicyclic amines) is 1. The zero-order chi connectivity index (χ0) is 14.8. The number of carbonyl (C=O) groups is 1. The second-order valence-corrected chi connectivity index (χ2v) is 5.82. The van der Waals surface area contributed by atoms with Crippen LogP contribution in [0.4, 0.5) is 13.2 Å². The maximum atomic E-state index is 12.6. The first kappa shape index (κ1) is 15.1. The third-order valence-electron chi connectivity index (χ3n) is 4.53. The summed E-state index contributed by atoms with van der Waals surface area (Å²) in [6, 6.07) is 2.20. The van der Waals surface area contributed by atoms with Crippen molar-refractivity contribution >= 4 is 5.91 Å². The third kappa shape index (κ3) is 3.44. The van der Waals surface area contributed by atoms with E-state index in [9.17, 15) is 18.0 Å². The highest BCUT2D eigenvalue weighted by Crippen LogP contribution is 2.40. The van der Waals surface area contributed by atoms with Crippen molar-refractivity contribution in [1.29, 1.82) is 5.26 Å². The summed E-state index contributed by atoms with van der Waals surface area (Å²) >= 11 is 0. The van der Waals surface area contributed by atoms with E-state index in [1.807, 2.05) is 0 Å². The SMILES string of the molecule is N#CC1CCN(C(=O)C2CCC(C(F)(F)F)CC2)CC1. The minimum Gasteiger partial charge on any atom is -0.342 e. The first-order valence-corrected chi connectivity index (χ1v) is 7.17. The minimum absolute atomic E-state index is 0.0120. The van der Waals surface area contributed by atoms with Crippen LogP contribution in [0.15, 0.2) is 0 Å². The van der Waals surface area contributed by atoms with Crippen LogP contribution in [-0.2, 0) is 4.79 Å². The number of nitriles is 1. The summed E-state index contributed by atoms with van der Waals surface area (Å²) in [5, 5.41) is 8.81. The molecule has 0 aromatic carbocycles. The lowest BCUT2D eigenvalue weighted by Crippen LogP contribution is -2.43. The summed E-state index contributed by atoms with van der Waals surface area (Å²) in [6.45, 7) is 1.13. The monoisotopic (exact) mass is 288 g/mol. The van der Waals surface area contributed by atoms with Crippen LogP contribution < -0.4 is 0 Å². The average Bonchev–Trinajstić information content (AvgIpc) is 2.46. The van der Waals surface area contributed by atoms with E-state index in [1.54, 1.807) is 4.90 Å². The first-order valence-electron chi connectivity index (χ1n) is 7.17. The van der Waals surface area contributed by atoms with Gasteiger partial charge in [-0.3, -0.25) is 4.79 Å². The summed E-state index contributed by atoms with van der Waals surface area (Å²) in [5.74, 6) is -1.50. The molecule has 1 aliphatic heterocycles. The van der Waals surface area contributed by atoms with Crippen LogP contribution in [-0.4, -0.2) is 30.1 Å². The van der Waals surface area contributed by atoms with Crippen molar-refractivity contribution in [3.8, 4) is 6.07 Å². The molecule has 0 spiro atoms. The van der Waals surface area contributed by atoms with Gasteiger partial charge in [-0.15, -0.1) is 0 Å². The Morgan fingerprint density at radius 2 is 1.60 bits per heavy atom. The van der Waals surface area contributed by atoms with Crippen molar-refractivity contribution in [2.45, 2.75) is 44.7 Å². The van der Waals surface area contributed by atoms with Crippen LogP contribution in [0.5, 0.6) is 0 Å². The Labute approximate surface area is 116 Å². The van der Waals surface area contributed by atoms with Crippen molar-refractivity contribution in [2.75, 3.05) is 13.1 Å². The predicted octanol–water partition coefficient (Wildman–Crippen LogP) is 3.12. The molecule has 0 atom stereocenters. The fourth-order valence-corrected chi connectivity index (χ4v) is 3.15. The number of carbonyl (C=O) groups excluding carboxylic acids is 1. The summed E-state index contributed by atoms with van der Waals surface area (Å²) in [4.78, 5) is 14.0. The maximum absolute atomic E-state index is 12.6. The Balaban J connectivity index is 1.82. The van der Waals surface area contributed by atoms with Gasteiger partial charge in [0.2, 0.25) is 5.91 Å². The molecule has 2 aliphatic rings. The van der Waals surface area contributed by atoms with E-state index >= 15 is 0 Å². The Kier molecular flexibility index (Phi) is 4.56. The van der Waals surface area contributed by atoms with Crippen molar-refractivity contribution < 1.29 is 18.0 Å². The zero-order valence-electron chi connectivity index (χ0n) is 11.3. The van der Waals surface area contributed by atoms with Gasteiger partial charge in [-0.1, -0.05) is 0 Å². The summed E-state index contributed by atoms with van der Waals surface area (Å²) in [5.41, 5.74) is 0. The first-order chi connectivity index (χ1) is 9.41. The van der Waals surface area contributed by atoms with Gasteiger partial charge in [-0.05, 0) is 38.5 Å². The fourth-order valence-electron chi connectivity index (χ4n) is 3.15. The molecular weight excluding hydrogens is 269 g/mol. The fraction of sp³-hybridized carbons (Fsp3) is 0.857. The summed E-state index contributed by atoms with van der Waals surface area (Å²) in [7, 11) is 0. The van der Waals surface area contributed by atoms with Gasteiger partial charge in [0.25, 0.3) is 0 Å². The number of alkyl halides is 3. The molecule has 0 radical (unpaired) electrons. The van der Waals surface area contributed by atoms with Crippen LogP contribution >= 0.6 is 0 Å². The lowest BCUT2D eigenvalue weighted by Gasteiger charge is -2.35. The largest absolute Gasteiger partial charge is 0.391 e. The Morgan fingerprint density at radius 3 is 2.05 bits per heavy atom. The molecule has 1 saturated carbocycles. The van der Waals surface area contributed by atoms with Gasteiger partial charge in [-0.2, -0.15) is 18.4 Å². The molecule has 0 aromatic heterocycles. The summed E-state index contributed by atoms with van der Waals surface area (Å²) < 4.78 is 37.7. The van der Waals surface area contributed by atoms with E-state index in [4.69, 9.17) is 5.26 Å². The Hall–Kier alpha value is -1.25. The molecule has 1 amide bonds. The Bertz CT molecular complexity index is 386. The zero-order valence-corrected chi connectivity index (χ0v) is 11.3. The smallest absolute Gasteiger partial charge is 0.342 e. The van der Waals surface area contributed by atoms with Crippen molar-refractivity contribution in [3.05, 3.63) is 0 Å². The molecule has 0 aromatic rings. The molecule has 0 bridgehead atoms. The molecule has 2 rings (SSSR count). The van der Waals surface area contributed by atoms with Gasteiger partial charge in [0, 0.05) is 24.9 Å². The molecule has 2 fully saturated rings. The average molecular weight is 288 g/mol. The van der Waals surface area contributed by atoms with E-state index in [1.165, 1.54) is 0 Å². The van der Waals surface area contributed by atoms with Crippen molar-refractivity contribution in [1.82, 2.24) is 4.90 Å². The van der Waals surface area contributed by atoms with Crippen LogP contribution in [0, 0.1) is 29.1 Å². The molecule has 0 unspecified atom stereocenters. The highest BCUT2D eigenvalue weighted by Gasteiger charge is 2.43. The molecular formula is C14H19F3N2O. The Morgan fingerprint density at radius 1 is 1.05 bits per heavy atom. The van der Waals surface area contributed by atoms with Gasteiger partial charge < -0.3 is 4.90 Å². The van der Waals surface area contributed by atoms with Gasteiger partial charge in [0.15, 0.2) is 0 Å². The van der Waals surface area contributed by atoms with E-state index < -0.39 is 12.1 Å². The lowest BCUT2D eigenvalue weighted by atomic mass is 9.80. The molecule has 6 heteroatoms.